The molecule has 1 aromatic carbocycles. The molecule has 0 heterocycles. The van der Waals surface area contributed by atoms with E-state index in [1.54, 1.807) is 12.1 Å². The first-order valence-corrected chi connectivity index (χ1v) is 4.97. The van der Waals surface area contributed by atoms with Crippen molar-refractivity contribution >= 4 is 17.3 Å². The molecule has 1 aromatic rings. The van der Waals surface area contributed by atoms with Crippen molar-refractivity contribution in [1.82, 2.24) is 0 Å². The summed E-state index contributed by atoms with van der Waals surface area (Å²) in [6.45, 7) is 0. The maximum Gasteiger partial charge on any atom is 0.288 e. The number of hydrogen-bond acceptors (Lipinski definition) is 2. The van der Waals surface area contributed by atoms with E-state index in [-0.39, 0.29) is 10.7 Å². The Kier molecular flexibility index (Phi) is 2.42. The summed E-state index contributed by atoms with van der Waals surface area (Å²) in [6.07, 6.45) is 3.44. The fourth-order valence-corrected chi connectivity index (χ4v) is 1.67. The Hall–Kier alpha value is -1.09. The topological polar surface area (TPSA) is 43.1 Å². The molecule has 0 amide bonds. The van der Waals surface area contributed by atoms with E-state index in [2.05, 4.69) is 0 Å². The molecule has 3 nitrogen and oxygen atoms in total. The second-order valence-electron chi connectivity index (χ2n) is 3.69. The van der Waals surface area contributed by atoms with Crippen LogP contribution in [0.4, 0.5) is 5.69 Å². The van der Waals surface area contributed by atoms with Gasteiger partial charge >= 0.3 is 0 Å². The maximum atomic E-state index is 10.6. The highest BCUT2D eigenvalue weighted by molar-refractivity contribution is 6.32. The molecular weight excluding hydrogens is 202 g/mol. The number of nitrogens with zero attached hydrogens (tertiary/aromatic N) is 1. The quantitative estimate of drug-likeness (QED) is 0.569. The van der Waals surface area contributed by atoms with E-state index in [1.807, 2.05) is 6.07 Å². The number of hydrogen-bond donors (Lipinski definition) is 0. The maximum absolute atomic E-state index is 10.6. The van der Waals surface area contributed by atoms with Crippen LogP contribution in [-0.4, -0.2) is 4.92 Å². The SMILES string of the molecule is O=[N+]([O-])c1cc(CC2CC2)ccc1Cl. The van der Waals surface area contributed by atoms with Gasteiger partial charge in [-0.2, -0.15) is 0 Å². The lowest BCUT2D eigenvalue weighted by molar-refractivity contribution is -0.384. The number of halogens is 1. The van der Waals surface area contributed by atoms with Gasteiger partial charge in [-0.15, -0.1) is 0 Å². The Bertz CT molecular complexity index is 374. The van der Waals surface area contributed by atoms with Crippen molar-refractivity contribution in [2.24, 2.45) is 5.92 Å². The fourth-order valence-electron chi connectivity index (χ4n) is 1.48. The van der Waals surface area contributed by atoms with Crippen LogP contribution in [0.3, 0.4) is 0 Å². The van der Waals surface area contributed by atoms with Gasteiger partial charge in [-0.25, -0.2) is 0 Å². The molecule has 1 aliphatic rings. The lowest BCUT2D eigenvalue weighted by Crippen LogP contribution is -1.93. The first-order valence-electron chi connectivity index (χ1n) is 4.59. The van der Waals surface area contributed by atoms with Gasteiger partial charge in [-0.05, 0) is 36.8 Å². The zero-order valence-corrected chi connectivity index (χ0v) is 8.33. The van der Waals surface area contributed by atoms with Crippen LogP contribution in [0.2, 0.25) is 5.02 Å². The Morgan fingerprint density at radius 1 is 1.50 bits per heavy atom. The Morgan fingerprint density at radius 2 is 2.21 bits per heavy atom. The zero-order valence-electron chi connectivity index (χ0n) is 7.57. The minimum atomic E-state index is -0.432. The molecular formula is C10H10ClNO2. The molecule has 0 aromatic heterocycles. The van der Waals surface area contributed by atoms with Crippen molar-refractivity contribution in [1.29, 1.82) is 0 Å². The monoisotopic (exact) mass is 211 g/mol. The van der Waals surface area contributed by atoms with Crippen molar-refractivity contribution in [3.63, 3.8) is 0 Å². The van der Waals surface area contributed by atoms with Gasteiger partial charge in [0.2, 0.25) is 0 Å². The van der Waals surface area contributed by atoms with E-state index >= 15 is 0 Å². The third-order valence-corrected chi connectivity index (χ3v) is 2.75. The third-order valence-electron chi connectivity index (χ3n) is 2.43. The molecule has 0 spiro atoms. The standard InChI is InChI=1S/C10H10ClNO2/c11-9-4-3-8(5-7-1-2-7)6-10(9)12(13)14/h3-4,6-7H,1-2,5H2. The van der Waals surface area contributed by atoms with E-state index in [0.29, 0.717) is 0 Å². The van der Waals surface area contributed by atoms with Crippen molar-refractivity contribution in [3.05, 3.63) is 38.9 Å². The minimum absolute atomic E-state index is 0.0183. The number of nitro groups is 1. The minimum Gasteiger partial charge on any atom is -0.258 e. The summed E-state index contributed by atoms with van der Waals surface area (Å²) in [5.41, 5.74) is 1.04. The second-order valence-corrected chi connectivity index (χ2v) is 4.10. The van der Waals surface area contributed by atoms with E-state index in [9.17, 15) is 10.1 Å². The average Bonchev–Trinajstić information content (AvgIpc) is 2.92. The summed E-state index contributed by atoms with van der Waals surface area (Å²) in [6, 6.07) is 5.06. The van der Waals surface area contributed by atoms with E-state index < -0.39 is 4.92 Å². The smallest absolute Gasteiger partial charge is 0.258 e. The Labute approximate surface area is 86.8 Å². The Morgan fingerprint density at radius 3 is 2.79 bits per heavy atom. The van der Waals surface area contributed by atoms with Crippen LogP contribution in [0.1, 0.15) is 18.4 Å². The van der Waals surface area contributed by atoms with Crippen LogP contribution >= 0.6 is 11.6 Å². The van der Waals surface area contributed by atoms with Gasteiger partial charge in [0.1, 0.15) is 5.02 Å². The van der Waals surface area contributed by atoms with E-state index in [1.165, 1.54) is 12.8 Å². The highest BCUT2D eigenvalue weighted by Gasteiger charge is 2.22. The van der Waals surface area contributed by atoms with Crippen molar-refractivity contribution in [2.75, 3.05) is 0 Å². The summed E-state index contributed by atoms with van der Waals surface area (Å²) in [7, 11) is 0. The van der Waals surface area contributed by atoms with Crippen LogP contribution in [0.5, 0.6) is 0 Å². The summed E-state index contributed by atoms with van der Waals surface area (Å²) in [4.78, 5) is 10.2. The van der Waals surface area contributed by atoms with Crippen LogP contribution < -0.4 is 0 Å². The molecule has 0 atom stereocenters. The van der Waals surface area contributed by atoms with Crippen LogP contribution in [0.15, 0.2) is 18.2 Å². The molecule has 1 aliphatic carbocycles. The van der Waals surface area contributed by atoms with Crippen molar-refractivity contribution < 1.29 is 4.92 Å². The van der Waals surface area contributed by atoms with Crippen molar-refractivity contribution in [2.45, 2.75) is 19.3 Å². The first-order chi connectivity index (χ1) is 6.66. The lowest BCUT2D eigenvalue weighted by Gasteiger charge is -2.00. The molecule has 4 heteroatoms. The first kappa shape index (κ1) is 9.46. The highest BCUT2D eigenvalue weighted by Crippen LogP contribution is 2.34. The molecule has 0 bridgehead atoms. The molecule has 74 valence electrons. The van der Waals surface area contributed by atoms with Crippen LogP contribution in [0.25, 0.3) is 0 Å². The van der Waals surface area contributed by atoms with Gasteiger partial charge in [-0.1, -0.05) is 17.7 Å². The average molecular weight is 212 g/mol. The van der Waals surface area contributed by atoms with E-state index in [0.717, 1.165) is 17.9 Å². The number of nitro benzene ring substituents is 1. The number of benzene rings is 1. The van der Waals surface area contributed by atoms with Crippen LogP contribution in [-0.2, 0) is 6.42 Å². The third kappa shape index (κ3) is 2.04. The molecule has 0 aliphatic heterocycles. The number of rotatable bonds is 3. The van der Waals surface area contributed by atoms with Crippen molar-refractivity contribution in [3.8, 4) is 0 Å². The normalized spacial score (nSPS) is 15.5. The molecule has 0 unspecified atom stereocenters. The molecule has 0 saturated heterocycles. The summed E-state index contributed by atoms with van der Waals surface area (Å²) >= 11 is 5.70. The molecule has 14 heavy (non-hydrogen) atoms. The summed E-state index contributed by atoms with van der Waals surface area (Å²) < 4.78 is 0. The largest absolute Gasteiger partial charge is 0.288 e. The second kappa shape index (κ2) is 3.58. The van der Waals surface area contributed by atoms with Gasteiger partial charge in [0.05, 0.1) is 4.92 Å². The van der Waals surface area contributed by atoms with Gasteiger partial charge in [0.15, 0.2) is 0 Å². The molecule has 1 fully saturated rings. The molecule has 1 saturated carbocycles. The summed E-state index contributed by atoms with van der Waals surface area (Å²) in [5, 5.41) is 10.8. The van der Waals surface area contributed by atoms with Gasteiger partial charge < -0.3 is 0 Å². The summed E-state index contributed by atoms with van der Waals surface area (Å²) in [5.74, 6) is 0.732. The van der Waals surface area contributed by atoms with Crippen LogP contribution in [0, 0.1) is 16.0 Å². The molecule has 0 N–H and O–H groups in total. The van der Waals surface area contributed by atoms with Gasteiger partial charge in [0.25, 0.3) is 5.69 Å². The molecule has 2 rings (SSSR count). The van der Waals surface area contributed by atoms with Gasteiger partial charge in [0, 0.05) is 6.07 Å². The zero-order chi connectivity index (χ0) is 10.1. The van der Waals surface area contributed by atoms with Gasteiger partial charge in [-0.3, -0.25) is 10.1 Å². The van der Waals surface area contributed by atoms with E-state index in [4.69, 9.17) is 11.6 Å². The fraction of sp³-hybridized carbons (Fsp3) is 0.400. The molecule has 0 radical (unpaired) electrons. The Balaban J connectivity index is 2.24. The highest BCUT2D eigenvalue weighted by atomic mass is 35.5. The lowest BCUT2D eigenvalue weighted by atomic mass is 10.1. The predicted molar refractivity (Wildman–Crippen MR) is 54.5 cm³/mol. The predicted octanol–water partition coefficient (Wildman–Crippen LogP) is 3.20.